The summed E-state index contributed by atoms with van der Waals surface area (Å²) in [5.74, 6) is 0.552. The predicted octanol–water partition coefficient (Wildman–Crippen LogP) is 3.56. The Labute approximate surface area is 164 Å². The van der Waals surface area contributed by atoms with E-state index in [4.69, 9.17) is 0 Å². The molecule has 0 aliphatic carbocycles. The van der Waals surface area contributed by atoms with E-state index in [1.54, 1.807) is 17.9 Å². The van der Waals surface area contributed by atoms with E-state index < -0.39 is 11.9 Å². The summed E-state index contributed by atoms with van der Waals surface area (Å²) in [7, 11) is 3.47. The quantitative estimate of drug-likeness (QED) is 0.518. The molecule has 6 nitrogen and oxygen atoms in total. The maximum atomic E-state index is 12.6. The van der Waals surface area contributed by atoms with Crippen molar-refractivity contribution in [2.45, 2.75) is 19.3 Å². The average molecular weight is 408 g/mol. The van der Waals surface area contributed by atoms with Crippen LogP contribution in [0.5, 0.6) is 0 Å². The SMILES string of the molecule is CN=C(NCc1nc(C(F)(F)F)cs1)N(C)Cc1cnn(-c2ccccc2)c1. The van der Waals surface area contributed by atoms with Crippen molar-refractivity contribution in [2.24, 2.45) is 4.99 Å². The van der Waals surface area contributed by atoms with Crippen LogP contribution in [0.4, 0.5) is 13.2 Å². The van der Waals surface area contributed by atoms with Crippen LogP contribution in [0.15, 0.2) is 53.1 Å². The van der Waals surface area contributed by atoms with E-state index in [1.165, 1.54) is 0 Å². The van der Waals surface area contributed by atoms with Gasteiger partial charge in [-0.25, -0.2) is 9.67 Å². The third kappa shape index (κ3) is 4.89. The minimum absolute atomic E-state index is 0.168. The smallest absolute Gasteiger partial charge is 0.350 e. The van der Waals surface area contributed by atoms with Crippen molar-refractivity contribution in [1.82, 2.24) is 25.0 Å². The molecule has 3 rings (SSSR count). The second-order valence-corrected chi connectivity index (χ2v) is 6.95. The standard InChI is InChI=1S/C18H19F3N6S/c1-22-17(23-9-16-25-15(12-28-16)18(19,20)21)26(2)10-13-8-24-27(11-13)14-6-4-3-5-7-14/h3-8,11-12H,9-10H2,1-2H3,(H,22,23). The highest BCUT2D eigenvalue weighted by molar-refractivity contribution is 7.09. The second kappa shape index (κ2) is 8.42. The summed E-state index contributed by atoms with van der Waals surface area (Å²) >= 11 is 0.965. The van der Waals surface area contributed by atoms with Gasteiger partial charge in [-0.15, -0.1) is 11.3 Å². The molecule has 0 spiro atoms. The first-order valence-corrected chi connectivity index (χ1v) is 9.27. The Morgan fingerprint density at radius 1 is 1.29 bits per heavy atom. The molecule has 0 bridgehead atoms. The molecule has 1 aromatic carbocycles. The lowest BCUT2D eigenvalue weighted by atomic mass is 10.3. The first-order chi connectivity index (χ1) is 13.4. The monoisotopic (exact) mass is 408 g/mol. The molecular formula is C18H19F3N6S. The van der Waals surface area contributed by atoms with Crippen LogP contribution in [0.1, 0.15) is 16.3 Å². The molecule has 148 valence electrons. The first kappa shape index (κ1) is 19.9. The number of thiazole rings is 1. The predicted molar refractivity (Wildman–Crippen MR) is 102 cm³/mol. The highest BCUT2D eigenvalue weighted by Gasteiger charge is 2.33. The van der Waals surface area contributed by atoms with E-state index in [0.717, 1.165) is 28.0 Å². The van der Waals surface area contributed by atoms with Gasteiger partial charge in [-0.3, -0.25) is 4.99 Å². The van der Waals surface area contributed by atoms with E-state index in [0.29, 0.717) is 17.5 Å². The van der Waals surface area contributed by atoms with E-state index in [2.05, 4.69) is 20.4 Å². The molecule has 0 saturated carbocycles. The van der Waals surface area contributed by atoms with Crippen molar-refractivity contribution < 1.29 is 13.2 Å². The van der Waals surface area contributed by atoms with Crippen molar-refractivity contribution in [2.75, 3.05) is 14.1 Å². The van der Waals surface area contributed by atoms with Crippen LogP contribution in [-0.2, 0) is 19.3 Å². The van der Waals surface area contributed by atoms with Crippen molar-refractivity contribution >= 4 is 17.3 Å². The number of nitrogens with zero attached hydrogens (tertiary/aromatic N) is 5. The van der Waals surface area contributed by atoms with Gasteiger partial charge in [0, 0.05) is 37.8 Å². The first-order valence-electron chi connectivity index (χ1n) is 8.39. The Balaban J connectivity index is 1.59. The van der Waals surface area contributed by atoms with Crippen LogP contribution in [-0.4, -0.2) is 39.7 Å². The summed E-state index contributed by atoms with van der Waals surface area (Å²) in [5, 5.41) is 8.76. The number of hydrogen-bond donors (Lipinski definition) is 1. The van der Waals surface area contributed by atoms with Gasteiger partial charge in [0.1, 0.15) is 5.01 Å². The molecule has 1 N–H and O–H groups in total. The Bertz CT molecular complexity index is 932. The highest BCUT2D eigenvalue weighted by atomic mass is 32.1. The normalized spacial score (nSPS) is 12.2. The van der Waals surface area contributed by atoms with Gasteiger partial charge in [-0.05, 0) is 12.1 Å². The number of benzene rings is 1. The number of rotatable bonds is 5. The number of guanidine groups is 1. The van der Waals surface area contributed by atoms with Gasteiger partial charge in [-0.1, -0.05) is 18.2 Å². The van der Waals surface area contributed by atoms with Crippen LogP contribution < -0.4 is 5.32 Å². The zero-order chi connectivity index (χ0) is 20.1. The molecule has 0 atom stereocenters. The maximum absolute atomic E-state index is 12.6. The van der Waals surface area contributed by atoms with Crippen molar-refractivity contribution in [3.8, 4) is 5.69 Å². The molecule has 0 aliphatic rings. The second-order valence-electron chi connectivity index (χ2n) is 6.01. The molecule has 0 radical (unpaired) electrons. The number of halogens is 3. The van der Waals surface area contributed by atoms with Gasteiger partial charge < -0.3 is 10.2 Å². The molecule has 0 fully saturated rings. The topological polar surface area (TPSA) is 58.3 Å². The summed E-state index contributed by atoms with van der Waals surface area (Å²) in [6.07, 6.45) is -0.727. The molecule has 10 heteroatoms. The Hall–Kier alpha value is -2.88. The Kier molecular flexibility index (Phi) is 5.98. The van der Waals surface area contributed by atoms with Gasteiger partial charge in [0.25, 0.3) is 0 Å². The Morgan fingerprint density at radius 3 is 2.68 bits per heavy atom. The fourth-order valence-corrected chi connectivity index (χ4v) is 3.31. The molecule has 2 aromatic heterocycles. The van der Waals surface area contributed by atoms with E-state index in [1.807, 2.05) is 48.5 Å². The number of hydrogen-bond acceptors (Lipinski definition) is 4. The van der Waals surface area contributed by atoms with Gasteiger partial charge in [0.2, 0.25) is 0 Å². The van der Waals surface area contributed by atoms with Gasteiger partial charge in [-0.2, -0.15) is 18.3 Å². The minimum atomic E-state index is -4.42. The molecule has 28 heavy (non-hydrogen) atoms. The molecule has 0 amide bonds. The van der Waals surface area contributed by atoms with Crippen molar-refractivity contribution in [3.63, 3.8) is 0 Å². The average Bonchev–Trinajstić information content (AvgIpc) is 3.32. The molecule has 0 saturated heterocycles. The van der Waals surface area contributed by atoms with E-state index >= 15 is 0 Å². The highest BCUT2D eigenvalue weighted by Crippen LogP contribution is 2.29. The number of nitrogens with one attached hydrogen (secondary N) is 1. The summed E-state index contributed by atoms with van der Waals surface area (Å²) in [6, 6.07) is 9.75. The lowest BCUT2D eigenvalue weighted by molar-refractivity contribution is -0.140. The molecule has 2 heterocycles. The lowest BCUT2D eigenvalue weighted by Crippen LogP contribution is -2.38. The third-order valence-electron chi connectivity index (χ3n) is 3.89. The number of aliphatic imine (C=N–C) groups is 1. The van der Waals surface area contributed by atoms with Gasteiger partial charge >= 0.3 is 6.18 Å². The molecule has 0 unspecified atom stereocenters. The van der Waals surface area contributed by atoms with Crippen molar-refractivity contribution in [3.05, 3.63) is 64.4 Å². The van der Waals surface area contributed by atoms with Crippen molar-refractivity contribution in [1.29, 1.82) is 0 Å². The number of para-hydroxylation sites is 1. The molecule has 3 aromatic rings. The van der Waals surface area contributed by atoms with Crippen LogP contribution in [0.3, 0.4) is 0 Å². The van der Waals surface area contributed by atoms with Crippen LogP contribution in [0.2, 0.25) is 0 Å². The summed E-state index contributed by atoms with van der Waals surface area (Å²) in [5.41, 5.74) is 1.07. The zero-order valence-electron chi connectivity index (χ0n) is 15.3. The molecule has 0 aliphatic heterocycles. The van der Waals surface area contributed by atoms with Crippen LogP contribution in [0.25, 0.3) is 5.69 Å². The molecular weight excluding hydrogens is 389 g/mol. The van der Waals surface area contributed by atoms with Crippen LogP contribution in [0, 0.1) is 0 Å². The summed E-state index contributed by atoms with van der Waals surface area (Å²) in [4.78, 5) is 9.66. The van der Waals surface area contributed by atoms with Gasteiger partial charge in [0.05, 0.1) is 18.4 Å². The fraction of sp³-hybridized carbons (Fsp3) is 0.278. The minimum Gasteiger partial charge on any atom is -0.350 e. The maximum Gasteiger partial charge on any atom is 0.434 e. The largest absolute Gasteiger partial charge is 0.434 e. The van der Waals surface area contributed by atoms with Gasteiger partial charge in [0.15, 0.2) is 11.7 Å². The van der Waals surface area contributed by atoms with Crippen LogP contribution >= 0.6 is 11.3 Å². The lowest BCUT2D eigenvalue weighted by Gasteiger charge is -2.21. The Morgan fingerprint density at radius 2 is 2.04 bits per heavy atom. The number of alkyl halides is 3. The zero-order valence-corrected chi connectivity index (χ0v) is 16.1. The summed E-state index contributed by atoms with van der Waals surface area (Å²) in [6.45, 7) is 0.708. The van der Waals surface area contributed by atoms with E-state index in [-0.39, 0.29) is 6.54 Å². The van der Waals surface area contributed by atoms with E-state index in [9.17, 15) is 13.2 Å². The fourth-order valence-electron chi connectivity index (χ4n) is 2.57. The third-order valence-corrected chi connectivity index (χ3v) is 4.74. The number of aromatic nitrogens is 3. The summed E-state index contributed by atoms with van der Waals surface area (Å²) < 4.78 is 39.7.